The van der Waals surface area contributed by atoms with Gasteiger partial charge in [-0.15, -0.1) is 0 Å². The van der Waals surface area contributed by atoms with Gasteiger partial charge in [-0.05, 0) is 42.0 Å². The van der Waals surface area contributed by atoms with Gasteiger partial charge >= 0.3 is 10.1 Å². The van der Waals surface area contributed by atoms with Crippen molar-refractivity contribution in [3.63, 3.8) is 0 Å². The first kappa shape index (κ1) is 15.3. The van der Waals surface area contributed by atoms with E-state index in [2.05, 4.69) is 0 Å². The van der Waals surface area contributed by atoms with Crippen molar-refractivity contribution in [3.05, 3.63) is 59.9 Å². The summed E-state index contributed by atoms with van der Waals surface area (Å²) in [5, 5.41) is 0. The van der Waals surface area contributed by atoms with Crippen LogP contribution in [0.3, 0.4) is 0 Å². The summed E-state index contributed by atoms with van der Waals surface area (Å²) in [7, 11) is -3.53. The maximum absolute atomic E-state index is 12.7. The third kappa shape index (κ3) is 5.43. The average Bonchev–Trinajstić information content (AvgIpc) is 2.39. The maximum Gasteiger partial charge on any atom is 0.306 e. The van der Waals surface area contributed by atoms with Gasteiger partial charge in [0.25, 0.3) is 0 Å². The highest BCUT2D eigenvalue weighted by atomic mass is 32.2. The highest BCUT2D eigenvalue weighted by molar-refractivity contribution is 7.86. The van der Waals surface area contributed by atoms with Gasteiger partial charge in [-0.3, -0.25) is 0 Å². The zero-order chi connectivity index (χ0) is 15.3. The van der Waals surface area contributed by atoms with Crippen LogP contribution in [0.1, 0.15) is 5.56 Å². The Bertz CT molecular complexity index is 696. The summed E-state index contributed by atoms with van der Waals surface area (Å²) in [6.07, 6.45) is 1.58. The van der Waals surface area contributed by atoms with Crippen molar-refractivity contribution in [2.45, 2.75) is 6.42 Å². The van der Waals surface area contributed by atoms with E-state index in [4.69, 9.17) is 8.92 Å². The largest absolute Gasteiger partial charge is 0.493 e. The minimum Gasteiger partial charge on any atom is -0.493 e. The Morgan fingerprint density at radius 3 is 2.43 bits per heavy atom. The number of halogens is 1. The number of ether oxygens (including phenoxy) is 1. The number of rotatable bonds is 6. The molecule has 0 aliphatic rings. The first-order valence-electron chi connectivity index (χ1n) is 6.29. The fourth-order valence-electron chi connectivity index (χ4n) is 1.75. The Kier molecular flexibility index (Phi) is 4.80. The molecule has 112 valence electrons. The monoisotopic (exact) mass is 310 g/mol. The van der Waals surface area contributed by atoms with Crippen LogP contribution in [0.4, 0.5) is 4.39 Å². The van der Waals surface area contributed by atoms with Gasteiger partial charge in [0.2, 0.25) is 0 Å². The van der Waals surface area contributed by atoms with Crippen LogP contribution in [-0.2, 0) is 16.5 Å². The van der Waals surface area contributed by atoms with E-state index in [9.17, 15) is 12.8 Å². The topological polar surface area (TPSA) is 52.6 Å². The van der Waals surface area contributed by atoms with Crippen LogP contribution in [0.25, 0.3) is 0 Å². The van der Waals surface area contributed by atoms with Gasteiger partial charge in [-0.1, -0.05) is 12.1 Å². The molecule has 0 bridgehead atoms. The lowest BCUT2D eigenvalue weighted by molar-refractivity contribution is 0.321. The molecule has 0 aliphatic heterocycles. The molecule has 0 spiro atoms. The van der Waals surface area contributed by atoms with Gasteiger partial charge < -0.3 is 8.92 Å². The molecule has 0 saturated heterocycles. The van der Waals surface area contributed by atoms with Gasteiger partial charge in [-0.2, -0.15) is 8.42 Å². The predicted octanol–water partition coefficient (Wildman–Crippen LogP) is 2.79. The van der Waals surface area contributed by atoms with Crippen molar-refractivity contribution < 1.29 is 21.7 Å². The molecule has 0 unspecified atom stereocenters. The normalized spacial score (nSPS) is 11.1. The van der Waals surface area contributed by atoms with Gasteiger partial charge in [-0.25, -0.2) is 4.39 Å². The molecule has 4 nitrogen and oxygen atoms in total. The van der Waals surface area contributed by atoms with E-state index >= 15 is 0 Å². The van der Waals surface area contributed by atoms with Gasteiger partial charge in [0.15, 0.2) is 0 Å². The quantitative estimate of drug-likeness (QED) is 0.770. The highest BCUT2D eigenvalue weighted by Crippen LogP contribution is 2.16. The molecular formula is C15H15FO4S. The molecule has 0 N–H and O–H groups in total. The van der Waals surface area contributed by atoms with E-state index < -0.39 is 10.1 Å². The van der Waals surface area contributed by atoms with Crippen molar-refractivity contribution in [1.29, 1.82) is 0 Å². The second kappa shape index (κ2) is 6.58. The molecule has 0 saturated carbocycles. The van der Waals surface area contributed by atoms with Crippen molar-refractivity contribution in [2.24, 2.45) is 0 Å². The van der Waals surface area contributed by atoms with Crippen LogP contribution in [0, 0.1) is 5.82 Å². The smallest absolute Gasteiger partial charge is 0.306 e. The van der Waals surface area contributed by atoms with E-state index in [-0.39, 0.29) is 11.6 Å². The van der Waals surface area contributed by atoms with Crippen LogP contribution >= 0.6 is 0 Å². The SMILES string of the molecule is CS(=O)(=O)Oc1cccc(CCOc2ccc(F)cc2)c1. The fraction of sp³-hybridized carbons (Fsp3) is 0.200. The minimum absolute atomic E-state index is 0.275. The minimum atomic E-state index is -3.53. The third-order valence-corrected chi connectivity index (χ3v) is 3.11. The predicted molar refractivity (Wildman–Crippen MR) is 77.5 cm³/mol. The first-order chi connectivity index (χ1) is 9.92. The maximum atomic E-state index is 12.7. The second-order valence-electron chi connectivity index (χ2n) is 4.49. The second-order valence-corrected chi connectivity index (χ2v) is 6.06. The van der Waals surface area contributed by atoms with Crippen LogP contribution in [-0.4, -0.2) is 21.3 Å². The molecule has 0 heterocycles. The first-order valence-corrected chi connectivity index (χ1v) is 8.11. The summed E-state index contributed by atoms with van der Waals surface area (Å²) >= 11 is 0. The molecule has 2 rings (SSSR count). The van der Waals surface area contributed by atoms with E-state index in [0.717, 1.165) is 11.8 Å². The van der Waals surface area contributed by atoms with Crippen LogP contribution in [0.5, 0.6) is 11.5 Å². The van der Waals surface area contributed by atoms with Crippen LogP contribution in [0.15, 0.2) is 48.5 Å². The molecule has 0 aliphatic carbocycles. The lowest BCUT2D eigenvalue weighted by Gasteiger charge is -2.08. The Morgan fingerprint density at radius 1 is 1.05 bits per heavy atom. The average molecular weight is 310 g/mol. The van der Waals surface area contributed by atoms with Crippen LogP contribution < -0.4 is 8.92 Å². The zero-order valence-corrected chi connectivity index (χ0v) is 12.3. The Hall–Kier alpha value is -2.08. The van der Waals surface area contributed by atoms with E-state index in [0.29, 0.717) is 18.8 Å². The molecular weight excluding hydrogens is 295 g/mol. The van der Waals surface area contributed by atoms with Crippen molar-refractivity contribution in [1.82, 2.24) is 0 Å². The van der Waals surface area contributed by atoms with E-state index in [1.165, 1.54) is 12.1 Å². The van der Waals surface area contributed by atoms with Crippen molar-refractivity contribution in [3.8, 4) is 11.5 Å². The van der Waals surface area contributed by atoms with Crippen molar-refractivity contribution in [2.75, 3.05) is 12.9 Å². The lowest BCUT2D eigenvalue weighted by Crippen LogP contribution is -2.06. The van der Waals surface area contributed by atoms with Gasteiger partial charge in [0.1, 0.15) is 17.3 Å². The van der Waals surface area contributed by atoms with Crippen LogP contribution in [0.2, 0.25) is 0 Å². The summed E-state index contributed by atoms with van der Waals surface area (Å²) in [6.45, 7) is 0.397. The number of hydrogen-bond donors (Lipinski definition) is 0. The molecule has 6 heteroatoms. The fourth-order valence-corrected chi connectivity index (χ4v) is 2.20. The summed E-state index contributed by atoms with van der Waals surface area (Å²) in [4.78, 5) is 0. The number of hydrogen-bond acceptors (Lipinski definition) is 4. The van der Waals surface area contributed by atoms with E-state index in [1.807, 2.05) is 6.07 Å². The molecule has 0 aromatic heterocycles. The molecule has 2 aromatic carbocycles. The zero-order valence-electron chi connectivity index (χ0n) is 11.5. The molecule has 0 fully saturated rings. The summed E-state index contributed by atoms with van der Waals surface area (Å²) < 4.78 is 45.1. The molecule has 21 heavy (non-hydrogen) atoms. The van der Waals surface area contributed by atoms with E-state index in [1.54, 1.807) is 30.3 Å². The summed E-state index contributed by atoms with van der Waals surface area (Å²) in [5.41, 5.74) is 0.887. The summed E-state index contributed by atoms with van der Waals surface area (Å²) in [5.74, 6) is 0.546. The lowest BCUT2D eigenvalue weighted by atomic mass is 10.1. The molecule has 0 amide bonds. The van der Waals surface area contributed by atoms with Gasteiger partial charge in [0, 0.05) is 6.42 Å². The Balaban J connectivity index is 1.91. The molecule has 0 atom stereocenters. The van der Waals surface area contributed by atoms with Crippen molar-refractivity contribution >= 4 is 10.1 Å². The standard InChI is InChI=1S/C15H15FO4S/c1-21(17,18)20-15-4-2-3-12(11-15)9-10-19-14-7-5-13(16)6-8-14/h2-8,11H,9-10H2,1H3. The highest BCUT2D eigenvalue weighted by Gasteiger charge is 2.05. The third-order valence-electron chi connectivity index (χ3n) is 2.62. The Morgan fingerprint density at radius 2 is 1.76 bits per heavy atom. The molecule has 2 aromatic rings. The molecule has 0 radical (unpaired) electrons. The Labute approximate surface area is 123 Å². The van der Waals surface area contributed by atoms with Gasteiger partial charge in [0.05, 0.1) is 12.9 Å². The number of benzene rings is 2. The summed E-state index contributed by atoms with van der Waals surface area (Å²) in [6, 6.07) is 12.6.